The molecule has 2 aromatic heterocycles. The molecule has 4 N–H and O–H groups in total. The molecule has 2 heterocycles. The van der Waals surface area contributed by atoms with Gasteiger partial charge in [-0.05, 0) is 25.0 Å². The first-order chi connectivity index (χ1) is 9.63. The largest absolute Gasteiger partial charge is 0.366 e. The quantitative estimate of drug-likeness (QED) is 0.732. The van der Waals surface area contributed by atoms with Gasteiger partial charge in [0.1, 0.15) is 5.65 Å². The molecular weight excluding hydrogens is 256 g/mol. The highest BCUT2D eigenvalue weighted by molar-refractivity contribution is 5.98. The number of amides is 2. The van der Waals surface area contributed by atoms with E-state index < -0.39 is 5.91 Å². The number of carbonyl (C=O) groups excluding carboxylic acids is 2. The normalized spacial score (nSPS) is 14.8. The van der Waals surface area contributed by atoms with E-state index in [1.807, 2.05) is 6.07 Å². The Morgan fingerprint density at radius 3 is 2.95 bits per heavy atom. The third-order valence-corrected chi connectivity index (χ3v) is 3.21. The summed E-state index contributed by atoms with van der Waals surface area (Å²) in [4.78, 5) is 29.7. The van der Waals surface area contributed by atoms with E-state index in [0.29, 0.717) is 11.3 Å². The minimum absolute atomic E-state index is 0.0379. The zero-order valence-corrected chi connectivity index (χ0v) is 10.7. The van der Waals surface area contributed by atoms with Crippen LogP contribution in [0.5, 0.6) is 0 Å². The maximum Gasteiger partial charge on any atom is 0.241 e. The summed E-state index contributed by atoms with van der Waals surface area (Å²) in [7, 11) is 0. The summed E-state index contributed by atoms with van der Waals surface area (Å²) < 4.78 is 0. The number of nitrogens with zero attached hydrogens (tertiary/aromatic N) is 1. The lowest BCUT2D eigenvalue weighted by Gasteiger charge is -2.03. The molecule has 1 aliphatic rings. The average Bonchev–Trinajstić information content (AvgIpc) is 3.18. The highest BCUT2D eigenvalue weighted by Crippen LogP contribution is 2.30. The molecule has 2 aromatic rings. The number of H-pyrrole nitrogens is 1. The van der Waals surface area contributed by atoms with Crippen LogP contribution in [-0.2, 0) is 9.59 Å². The van der Waals surface area contributed by atoms with Crippen molar-refractivity contribution >= 4 is 34.6 Å². The zero-order valence-electron chi connectivity index (χ0n) is 10.7. The van der Waals surface area contributed by atoms with Gasteiger partial charge in [-0.3, -0.25) is 9.59 Å². The molecular formula is C14H14N4O2. The fourth-order valence-corrected chi connectivity index (χ4v) is 1.99. The second kappa shape index (κ2) is 4.80. The van der Waals surface area contributed by atoms with Crippen molar-refractivity contribution < 1.29 is 9.59 Å². The number of hydrogen-bond donors (Lipinski definition) is 3. The number of aromatic amines is 1. The molecule has 0 aliphatic heterocycles. The fourth-order valence-electron chi connectivity index (χ4n) is 1.99. The first-order valence-corrected chi connectivity index (χ1v) is 6.39. The van der Waals surface area contributed by atoms with Crippen molar-refractivity contribution in [3.63, 3.8) is 0 Å². The number of primary amides is 1. The van der Waals surface area contributed by atoms with Gasteiger partial charge in [-0.25, -0.2) is 4.98 Å². The van der Waals surface area contributed by atoms with Gasteiger partial charge in [0.15, 0.2) is 0 Å². The topological polar surface area (TPSA) is 101 Å². The predicted molar refractivity (Wildman–Crippen MR) is 75.7 cm³/mol. The van der Waals surface area contributed by atoms with Gasteiger partial charge in [0.25, 0.3) is 0 Å². The van der Waals surface area contributed by atoms with Crippen LogP contribution in [0.3, 0.4) is 0 Å². The molecule has 0 atom stereocenters. The van der Waals surface area contributed by atoms with Crippen molar-refractivity contribution in [1.82, 2.24) is 9.97 Å². The summed E-state index contributed by atoms with van der Waals surface area (Å²) in [6, 6.07) is 1.83. The molecule has 6 heteroatoms. The molecule has 20 heavy (non-hydrogen) atoms. The number of carbonyl (C=O) groups is 2. The van der Waals surface area contributed by atoms with E-state index in [4.69, 9.17) is 5.73 Å². The number of pyridine rings is 1. The van der Waals surface area contributed by atoms with E-state index >= 15 is 0 Å². The Kier molecular flexibility index (Phi) is 2.98. The van der Waals surface area contributed by atoms with Gasteiger partial charge in [-0.1, -0.05) is 0 Å². The van der Waals surface area contributed by atoms with Crippen LogP contribution in [0.1, 0.15) is 18.4 Å². The second-order valence-corrected chi connectivity index (χ2v) is 4.86. The minimum Gasteiger partial charge on any atom is -0.366 e. The third kappa shape index (κ3) is 2.54. The highest BCUT2D eigenvalue weighted by atomic mass is 16.2. The van der Waals surface area contributed by atoms with Crippen LogP contribution >= 0.6 is 0 Å². The SMILES string of the molecule is NC(=O)C=Cc1c[nH]c2ncc(NC(=O)C3CC3)cc12. The molecule has 102 valence electrons. The second-order valence-electron chi connectivity index (χ2n) is 4.86. The van der Waals surface area contributed by atoms with Crippen LogP contribution in [0.2, 0.25) is 0 Å². The lowest BCUT2D eigenvalue weighted by atomic mass is 10.2. The Balaban J connectivity index is 1.89. The molecule has 6 nitrogen and oxygen atoms in total. The Bertz CT molecular complexity index is 713. The van der Waals surface area contributed by atoms with Gasteiger partial charge in [0.05, 0.1) is 11.9 Å². The maximum atomic E-state index is 11.7. The lowest BCUT2D eigenvalue weighted by Crippen LogP contribution is -2.13. The van der Waals surface area contributed by atoms with Crippen molar-refractivity contribution in [3.8, 4) is 0 Å². The number of rotatable bonds is 4. The Morgan fingerprint density at radius 2 is 2.25 bits per heavy atom. The van der Waals surface area contributed by atoms with Gasteiger partial charge in [-0.2, -0.15) is 0 Å². The molecule has 3 rings (SSSR count). The van der Waals surface area contributed by atoms with Gasteiger partial charge < -0.3 is 16.0 Å². The third-order valence-electron chi connectivity index (χ3n) is 3.21. The lowest BCUT2D eigenvalue weighted by molar-refractivity contribution is -0.117. The van der Waals surface area contributed by atoms with E-state index in [-0.39, 0.29) is 11.8 Å². The molecule has 0 radical (unpaired) electrons. The summed E-state index contributed by atoms with van der Waals surface area (Å²) in [5.74, 6) is -0.326. The highest BCUT2D eigenvalue weighted by Gasteiger charge is 2.29. The minimum atomic E-state index is -0.509. The van der Waals surface area contributed by atoms with E-state index in [1.54, 1.807) is 18.5 Å². The van der Waals surface area contributed by atoms with Crippen LogP contribution in [0.4, 0.5) is 5.69 Å². The van der Waals surface area contributed by atoms with Crippen molar-refractivity contribution in [2.75, 3.05) is 5.32 Å². The number of hydrogen-bond acceptors (Lipinski definition) is 3. The van der Waals surface area contributed by atoms with E-state index in [9.17, 15) is 9.59 Å². The number of nitrogens with one attached hydrogen (secondary N) is 2. The van der Waals surface area contributed by atoms with Crippen LogP contribution in [-0.4, -0.2) is 21.8 Å². The zero-order chi connectivity index (χ0) is 14.1. The average molecular weight is 270 g/mol. The number of aromatic nitrogens is 2. The molecule has 1 fully saturated rings. The molecule has 0 saturated heterocycles. The molecule has 1 saturated carbocycles. The standard InChI is InChI=1S/C14H14N4O2/c15-12(19)4-3-9-6-16-13-11(9)5-10(7-17-13)18-14(20)8-1-2-8/h3-8H,1-2H2,(H2,15,19)(H,16,17)(H,18,20). The van der Waals surface area contributed by atoms with Gasteiger partial charge in [-0.15, -0.1) is 0 Å². The summed E-state index contributed by atoms with van der Waals surface area (Å²) in [5.41, 5.74) is 7.23. The number of fused-ring (bicyclic) bond motifs is 1. The van der Waals surface area contributed by atoms with E-state index in [2.05, 4.69) is 15.3 Å². The number of anilines is 1. The summed E-state index contributed by atoms with van der Waals surface area (Å²) in [6.45, 7) is 0. The Labute approximate surface area is 115 Å². The van der Waals surface area contributed by atoms with Gasteiger partial charge >= 0.3 is 0 Å². The molecule has 0 unspecified atom stereocenters. The predicted octanol–water partition coefficient (Wildman–Crippen LogP) is 1.41. The molecule has 0 bridgehead atoms. The molecule has 1 aliphatic carbocycles. The van der Waals surface area contributed by atoms with Crippen LogP contribution in [0, 0.1) is 5.92 Å². The summed E-state index contributed by atoms with van der Waals surface area (Å²) >= 11 is 0. The van der Waals surface area contributed by atoms with Crippen molar-refractivity contribution in [2.45, 2.75) is 12.8 Å². The molecule has 0 spiro atoms. The Morgan fingerprint density at radius 1 is 1.45 bits per heavy atom. The van der Waals surface area contributed by atoms with E-state index in [0.717, 1.165) is 23.8 Å². The first-order valence-electron chi connectivity index (χ1n) is 6.39. The van der Waals surface area contributed by atoms with Crippen LogP contribution < -0.4 is 11.1 Å². The van der Waals surface area contributed by atoms with Crippen molar-refractivity contribution in [2.24, 2.45) is 11.7 Å². The van der Waals surface area contributed by atoms with Gasteiger partial charge in [0.2, 0.25) is 11.8 Å². The fraction of sp³-hybridized carbons (Fsp3) is 0.214. The Hall–Kier alpha value is -2.63. The summed E-state index contributed by atoms with van der Waals surface area (Å²) in [5, 5.41) is 3.68. The monoisotopic (exact) mass is 270 g/mol. The van der Waals surface area contributed by atoms with Crippen LogP contribution in [0.15, 0.2) is 24.5 Å². The number of nitrogens with two attached hydrogens (primary N) is 1. The van der Waals surface area contributed by atoms with Crippen LogP contribution in [0.25, 0.3) is 17.1 Å². The van der Waals surface area contributed by atoms with E-state index in [1.165, 1.54) is 6.08 Å². The van der Waals surface area contributed by atoms with Gasteiger partial charge in [0, 0.05) is 29.1 Å². The summed E-state index contributed by atoms with van der Waals surface area (Å²) in [6.07, 6.45) is 8.17. The maximum absolute atomic E-state index is 11.7. The molecule has 2 amide bonds. The van der Waals surface area contributed by atoms with Crippen molar-refractivity contribution in [1.29, 1.82) is 0 Å². The smallest absolute Gasteiger partial charge is 0.241 e. The van der Waals surface area contributed by atoms with Crippen molar-refractivity contribution in [3.05, 3.63) is 30.1 Å². The molecule has 0 aromatic carbocycles. The first kappa shape index (κ1) is 12.4.